The molecule has 110 valence electrons. The van der Waals surface area contributed by atoms with Gasteiger partial charge in [0.2, 0.25) is 10.0 Å². The molecule has 2 aromatic heterocycles. The van der Waals surface area contributed by atoms with Gasteiger partial charge in [0.15, 0.2) is 0 Å². The van der Waals surface area contributed by atoms with Crippen LogP contribution in [0.15, 0.2) is 11.2 Å². The fourth-order valence-electron chi connectivity index (χ4n) is 1.82. The summed E-state index contributed by atoms with van der Waals surface area (Å²) in [5.74, 6) is 0.708. The molecule has 0 aliphatic carbocycles. The lowest BCUT2D eigenvalue weighted by atomic mass is 10.3. The fraction of sp³-hybridized carbons (Fsp3) is 0.500. The third-order valence-corrected chi connectivity index (χ3v) is 4.39. The van der Waals surface area contributed by atoms with E-state index >= 15 is 0 Å². The van der Waals surface area contributed by atoms with E-state index in [9.17, 15) is 8.42 Å². The van der Waals surface area contributed by atoms with Crippen molar-refractivity contribution in [2.24, 2.45) is 0 Å². The van der Waals surface area contributed by atoms with Crippen LogP contribution in [-0.2, 0) is 23.1 Å². The van der Waals surface area contributed by atoms with Crippen molar-refractivity contribution >= 4 is 10.0 Å². The molecule has 0 amide bonds. The highest BCUT2D eigenvalue weighted by molar-refractivity contribution is 7.89. The zero-order chi connectivity index (χ0) is 14.6. The van der Waals surface area contributed by atoms with E-state index in [0.717, 1.165) is 0 Å². The van der Waals surface area contributed by atoms with Gasteiger partial charge in [0.1, 0.15) is 22.7 Å². The van der Waals surface area contributed by atoms with Gasteiger partial charge in [-0.25, -0.2) is 18.1 Å². The van der Waals surface area contributed by atoms with Crippen LogP contribution in [-0.4, -0.2) is 45.4 Å². The number of hydrogen-bond acceptors (Lipinski definition) is 6. The summed E-state index contributed by atoms with van der Waals surface area (Å²) in [6.45, 7) is 1.42. The molecule has 0 unspecified atom stereocenters. The minimum Gasteiger partial charge on any atom is -0.390 e. The second-order valence-corrected chi connectivity index (χ2v) is 5.92. The number of H-pyrrole nitrogens is 2. The molecular weight excluding hydrogens is 284 g/mol. The van der Waals surface area contributed by atoms with Crippen LogP contribution >= 0.6 is 0 Å². The maximum absolute atomic E-state index is 12.1. The molecule has 0 fully saturated rings. The molecule has 2 rings (SSSR count). The highest BCUT2D eigenvalue weighted by Crippen LogP contribution is 2.17. The van der Waals surface area contributed by atoms with Gasteiger partial charge in [-0.05, 0) is 13.3 Å². The van der Waals surface area contributed by atoms with Crippen molar-refractivity contribution in [1.82, 2.24) is 30.1 Å². The van der Waals surface area contributed by atoms with Crippen LogP contribution in [0.4, 0.5) is 0 Å². The predicted octanol–water partition coefficient (Wildman–Crippen LogP) is -0.760. The molecule has 20 heavy (non-hydrogen) atoms. The zero-order valence-electron chi connectivity index (χ0n) is 10.9. The van der Waals surface area contributed by atoms with Crippen LogP contribution in [0.3, 0.4) is 0 Å². The number of rotatable bonds is 7. The number of sulfonamides is 1. The summed E-state index contributed by atoms with van der Waals surface area (Å²) in [7, 11) is -3.68. The molecule has 0 aromatic carbocycles. The van der Waals surface area contributed by atoms with E-state index in [4.69, 9.17) is 5.11 Å². The van der Waals surface area contributed by atoms with Crippen molar-refractivity contribution in [2.45, 2.75) is 31.3 Å². The monoisotopic (exact) mass is 300 g/mol. The lowest BCUT2D eigenvalue weighted by molar-refractivity contribution is 0.273. The van der Waals surface area contributed by atoms with E-state index < -0.39 is 16.6 Å². The standard InChI is InChI=1S/C10H16N6O3S/c1-7-10(8(5-17)15-14-7)20(18,19)13-4-2-3-9-11-6-12-16-9/h6,13,17H,2-5H2,1H3,(H,14,15)(H,11,12,16). The molecule has 0 saturated carbocycles. The Bertz CT molecular complexity index is 649. The molecule has 10 heteroatoms. The summed E-state index contributed by atoms with van der Waals surface area (Å²) >= 11 is 0. The Labute approximate surface area is 115 Å². The summed E-state index contributed by atoms with van der Waals surface area (Å²) in [5.41, 5.74) is 0.516. The van der Waals surface area contributed by atoms with Crippen LogP contribution < -0.4 is 4.72 Å². The first-order valence-electron chi connectivity index (χ1n) is 6.03. The quantitative estimate of drug-likeness (QED) is 0.496. The van der Waals surface area contributed by atoms with E-state index in [1.807, 2.05) is 0 Å². The Balaban J connectivity index is 1.95. The van der Waals surface area contributed by atoms with Crippen LogP contribution in [0, 0.1) is 6.92 Å². The average Bonchev–Trinajstić information content (AvgIpc) is 3.03. The highest BCUT2D eigenvalue weighted by Gasteiger charge is 2.23. The molecule has 0 spiro atoms. The Morgan fingerprint density at radius 2 is 2.20 bits per heavy atom. The maximum atomic E-state index is 12.1. The summed E-state index contributed by atoms with van der Waals surface area (Å²) < 4.78 is 26.8. The predicted molar refractivity (Wildman–Crippen MR) is 69.1 cm³/mol. The van der Waals surface area contributed by atoms with Gasteiger partial charge in [0.05, 0.1) is 12.3 Å². The van der Waals surface area contributed by atoms with Gasteiger partial charge in [-0.3, -0.25) is 10.2 Å². The largest absolute Gasteiger partial charge is 0.390 e. The molecule has 0 aliphatic rings. The molecule has 0 saturated heterocycles. The first kappa shape index (κ1) is 14.6. The summed E-state index contributed by atoms with van der Waals surface area (Å²) in [6.07, 6.45) is 2.58. The third kappa shape index (κ3) is 3.21. The van der Waals surface area contributed by atoms with Crippen molar-refractivity contribution in [1.29, 1.82) is 0 Å². The Kier molecular flexibility index (Phi) is 4.47. The van der Waals surface area contributed by atoms with Gasteiger partial charge in [-0.15, -0.1) is 0 Å². The van der Waals surface area contributed by atoms with Gasteiger partial charge >= 0.3 is 0 Å². The number of nitrogens with zero attached hydrogens (tertiary/aromatic N) is 3. The van der Waals surface area contributed by atoms with Gasteiger partial charge in [0.25, 0.3) is 0 Å². The van der Waals surface area contributed by atoms with E-state index in [-0.39, 0.29) is 17.1 Å². The molecule has 2 aromatic rings. The van der Waals surface area contributed by atoms with Crippen molar-refractivity contribution in [2.75, 3.05) is 6.54 Å². The van der Waals surface area contributed by atoms with Crippen molar-refractivity contribution < 1.29 is 13.5 Å². The SMILES string of the molecule is Cc1[nH]nc(CO)c1S(=O)(=O)NCCCc1ncn[nH]1. The fourth-order valence-corrected chi connectivity index (χ4v) is 3.25. The molecule has 0 radical (unpaired) electrons. The van der Waals surface area contributed by atoms with E-state index in [1.165, 1.54) is 6.33 Å². The Morgan fingerprint density at radius 1 is 1.40 bits per heavy atom. The number of nitrogens with one attached hydrogen (secondary N) is 3. The summed E-state index contributed by atoms with van der Waals surface area (Å²) in [5, 5.41) is 21.8. The van der Waals surface area contributed by atoms with Crippen molar-refractivity contribution in [3.8, 4) is 0 Å². The maximum Gasteiger partial charge on any atom is 0.244 e. The molecule has 4 N–H and O–H groups in total. The number of hydrogen-bond donors (Lipinski definition) is 4. The third-order valence-electron chi connectivity index (χ3n) is 2.73. The van der Waals surface area contributed by atoms with Crippen molar-refractivity contribution in [3.63, 3.8) is 0 Å². The number of aliphatic hydroxyl groups is 1. The normalized spacial score (nSPS) is 11.9. The first-order valence-corrected chi connectivity index (χ1v) is 7.51. The Morgan fingerprint density at radius 3 is 2.85 bits per heavy atom. The Hall–Kier alpha value is -1.78. The van der Waals surface area contributed by atoms with Gasteiger partial charge in [-0.1, -0.05) is 0 Å². The lowest BCUT2D eigenvalue weighted by Crippen LogP contribution is -2.26. The number of aromatic nitrogens is 5. The number of aromatic amines is 2. The van der Waals surface area contributed by atoms with Crippen LogP contribution in [0.1, 0.15) is 23.6 Å². The topological polar surface area (TPSA) is 137 Å². The van der Waals surface area contributed by atoms with E-state index in [0.29, 0.717) is 24.4 Å². The molecule has 9 nitrogen and oxygen atoms in total. The van der Waals surface area contributed by atoms with E-state index in [2.05, 4.69) is 30.1 Å². The number of aryl methyl sites for hydroxylation is 2. The first-order chi connectivity index (χ1) is 9.54. The summed E-state index contributed by atoms with van der Waals surface area (Å²) in [6, 6.07) is 0. The molecular formula is C10H16N6O3S. The molecule has 2 heterocycles. The van der Waals surface area contributed by atoms with Crippen LogP contribution in [0.25, 0.3) is 0 Å². The van der Waals surface area contributed by atoms with Crippen molar-refractivity contribution in [3.05, 3.63) is 23.5 Å². The second kappa shape index (κ2) is 6.11. The van der Waals surface area contributed by atoms with Crippen LogP contribution in [0.2, 0.25) is 0 Å². The van der Waals surface area contributed by atoms with Crippen LogP contribution in [0.5, 0.6) is 0 Å². The van der Waals surface area contributed by atoms with E-state index in [1.54, 1.807) is 6.92 Å². The second-order valence-electron chi connectivity index (χ2n) is 4.22. The van der Waals surface area contributed by atoms with Gasteiger partial charge < -0.3 is 5.11 Å². The minimum absolute atomic E-state index is 0.0136. The molecule has 0 atom stereocenters. The molecule has 0 bridgehead atoms. The molecule has 0 aliphatic heterocycles. The van der Waals surface area contributed by atoms with Gasteiger partial charge in [-0.2, -0.15) is 10.2 Å². The average molecular weight is 300 g/mol. The number of aliphatic hydroxyl groups excluding tert-OH is 1. The lowest BCUT2D eigenvalue weighted by Gasteiger charge is -2.06. The minimum atomic E-state index is -3.68. The highest BCUT2D eigenvalue weighted by atomic mass is 32.2. The summed E-state index contributed by atoms with van der Waals surface area (Å²) in [4.78, 5) is 3.96. The zero-order valence-corrected chi connectivity index (χ0v) is 11.7. The smallest absolute Gasteiger partial charge is 0.244 e. The van der Waals surface area contributed by atoms with Gasteiger partial charge in [0, 0.05) is 13.0 Å².